The normalized spacial score (nSPS) is 19.2. The van der Waals surface area contributed by atoms with Crippen LogP contribution in [0.15, 0.2) is 18.5 Å². The van der Waals surface area contributed by atoms with Gasteiger partial charge in [-0.15, -0.1) is 0 Å². The fourth-order valence-electron chi connectivity index (χ4n) is 1.68. The second-order valence-electron chi connectivity index (χ2n) is 3.63. The van der Waals surface area contributed by atoms with Gasteiger partial charge < -0.3 is 5.11 Å². The third kappa shape index (κ3) is 1.03. The number of hydrogen-bond acceptors (Lipinski definition) is 2. The standard InChI is InChI=1S/C10H13NO/c1-8-2-5-11-6-9(8)10(7-12)3-4-10/h2,5-6,12H,3-4,7H2,1H3. The molecular formula is C10H13NO. The van der Waals surface area contributed by atoms with Gasteiger partial charge in [-0.2, -0.15) is 0 Å². The Kier molecular flexibility index (Phi) is 1.65. The topological polar surface area (TPSA) is 33.1 Å². The number of nitrogens with zero attached hydrogens (tertiary/aromatic N) is 1. The highest BCUT2D eigenvalue weighted by Gasteiger charge is 2.44. The van der Waals surface area contributed by atoms with Crippen molar-refractivity contribution in [3.05, 3.63) is 29.6 Å². The van der Waals surface area contributed by atoms with Gasteiger partial charge in [0.15, 0.2) is 0 Å². The van der Waals surface area contributed by atoms with Crippen molar-refractivity contribution in [3.63, 3.8) is 0 Å². The average Bonchev–Trinajstić information content (AvgIpc) is 2.86. The van der Waals surface area contributed by atoms with Crippen LogP contribution in [0, 0.1) is 6.92 Å². The molecule has 2 heteroatoms. The minimum atomic E-state index is 0.0678. The Balaban J connectivity index is 2.40. The lowest BCUT2D eigenvalue weighted by molar-refractivity contribution is 0.254. The summed E-state index contributed by atoms with van der Waals surface area (Å²) in [5, 5.41) is 9.21. The van der Waals surface area contributed by atoms with Crippen LogP contribution in [0.1, 0.15) is 24.0 Å². The first-order valence-electron chi connectivity index (χ1n) is 4.30. The molecule has 2 nitrogen and oxygen atoms in total. The molecular weight excluding hydrogens is 150 g/mol. The summed E-state index contributed by atoms with van der Waals surface area (Å²) in [5.74, 6) is 0. The Morgan fingerprint density at radius 2 is 2.33 bits per heavy atom. The molecule has 1 N–H and O–H groups in total. The Bertz CT molecular complexity index is 292. The molecule has 1 aliphatic rings. The molecule has 1 fully saturated rings. The van der Waals surface area contributed by atoms with E-state index >= 15 is 0 Å². The van der Waals surface area contributed by atoms with Crippen LogP contribution in [-0.4, -0.2) is 16.7 Å². The molecule has 0 aliphatic heterocycles. The van der Waals surface area contributed by atoms with Crippen molar-refractivity contribution < 1.29 is 5.11 Å². The molecule has 1 aromatic rings. The zero-order chi connectivity index (χ0) is 8.60. The first-order valence-corrected chi connectivity index (χ1v) is 4.30. The quantitative estimate of drug-likeness (QED) is 0.715. The lowest BCUT2D eigenvalue weighted by atomic mass is 9.95. The van der Waals surface area contributed by atoms with Crippen LogP contribution in [0.4, 0.5) is 0 Å². The van der Waals surface area contributed by atoms with Gasteiger partial charge in [0.25, 0.3) is 0 Å². The molecule has 12 heavy (non-hydrogen) atoms. The molecule has 1 saturated carbocycles. The van der Waals surface area contributed by atoms with Gasteiger partial charge in [-0.25, -0.2) is 0 Å². The van der Waals surface area contributed by atoms with Crippen LogP contribution in [0.5, 0.6) is 0 Å². The summed E-state index contributed by atoms with van der Waals surface area (Å²) in [5.41, 5.74) is 2.54. The van der Waals surface area contributed by atoms with Crippen LogP contribution in [0.2, 0.25) is 0 Å². The summed E-state index contributed by atoms with van der Waals surface area (Å²) in [6, 6.07) is 2.01. The molecule has 64 valence electrons. The fourth-order valence-corrected chi connectivity index (χ4v) is 1.68. The number of aryl methyl sites for hydroxylation is 1. The van der Waals surface area contributed by atoms with Gasteiger partial charge >= 0.3 is 0 Å². The van der Waals surface area contributed by atoms with Gasteiger partial charge in [0.05, 0.1) is 6.61 Å². The lowest BCUT2D eigenvalue weighted by Gasteiger charge is -2.13. The highest BCUT2D eigenvalue weighted by atomic mass is 16.3. The van der Waals surface area contributed by atoms with E-state index in [1.165, 1.54) is 11.1 Å². The average molecular weight is 163 g/mol. The van der Waals surface area contributed by atoms with Crippen LogP contribution >= 0.6 is 0 Å². The molecule has 0 amide bonds. The molecule has 0 aromatic carbocycles. The Morgan fingerprint density at radius 1 is 1.58 bits per heavy atom. The van der Waals surface area contributed by atoms with E-state index < -0.39 is 0 Å². The van der Waals surface area contributed by atoms with Crippen molar-refractivity contribution in [3.8, 4) is 0 Å². The van der Waals surface area contributed by atoms with Crippen molar-refractivity contribution >= 4 is 0 Å². The maximum Gasteiger partial charge on any atom is 0.0528 e. The minimum absolute atomic E-state index is 0.0678. The van der Waals surface area contributed by atoms with Crippen LogP contribution in [0.25, 0.3) is 0 Å². The first kappa shape index (κ1) is 7.74. The number of hydrogen-bond donors (Lipinski definition) is 1. The van der Waals surface area contributed by atoms with Crippen LogP contribution in [0.3, 0.4) is 0 Å². The van der Waals surface area contributed by atoms with E-state index in [1.807, 2.05) is 12.3 Å². The monoisotopic (exact) mass is 163 g/mol. The molecule has 0 atom stereocenters. The largest absolute Gasteiger partial charge is 0.395 e. The highest BCUT2D eigenvalue weighted by Crippen LogP contribution is 2.48. The molecule has 0 unspecified atom stereocenters. The van der Waals surface area contributed by atoms with Gasteiger partial charge in [0, 0.05) is 17.8 Å². The number of aromatic nitrogens is 1. The zero-order valence-electron chi connectivity index (χ0n) is 7.25. The predicted octanol–water partition coefficient (Wildman–Crippen LogP) is 1.41. The summed E-state index contributed by atoms with van der Waals surface area (Å²) >= 11 is 0. The van der Waals surface area contributed by atoms with E-state index in [1.54, 1.807) is 6.20 Å². The van der Waals surface area contributed by atoms with Gasteiger partial charge in [0.1, 0.15) is 0 Å². The third-order valence-electron chi connectivity index (χ3n) is 2.77. The lowest BCUT2D eigenvalue weighted by Crippen LogP contribution is -2.13. The Labute approximate surface area is 72.3 Å². The molecule has 1 aliphatic carbocycles. The SMILES string of the molecule is Cc1ccncc1C1(CO)CC1. The Morgan fingerprint density at radius 3 is 2.83 bits per heavy atom. The van der Waals surface area contributed by atoms with Gasteiger partial charge in [0.2, 0.25) is 0 Å². The van der Waals surface area contributed by atoms with Crippen molar-refractivity contribution in [1.29, 1.82) is 0 Å². The van der Waals surface area contributed by atoms with Crippen molar-refractivity contribution in [1.82, 2.24) is 4.98 Å². The summed E-state index contributed by atoms with van der Waals surface area (Å²) in [4.78, 5) is 4.09. The van der Waals surface area contributed by atoms with Gasteiger partial charge in [-0.1, -0.05) is 0 Å². The summed E-state index contributed by atoms with van der Waals surface area (Å²) in [7, 11) is 0. The van der Waals surface area contributed by atoms with Crippen molar-refractivity contribution in [2.75, 3.05) is 6.61 Å². The maximum atomic E-state index is 9.21. The zero-order valence-corrected chi connectivity index (χ0v) is 7.25. The predicted molar refractivity (Wildman–Crippen MR) is 47.0 cm³/mol. The number of pyridine rings is 1. The van der Waals surface area contributed by atoms with Crippen LogP contribution < -0.4 is 0 Å². The molecule has 1 heterocycles. The minimum Gasteiger partial charge on any atom is -0.395 e. The van der Waals surface area contributed by atoms with Gasteiger partial charge in [-0.3, -0.25) is 4.98 Å². The molecule has 0 bridgehead atoms. The van der Waals surface area contributed by atoms with E-state index in [9.17, 15) is 5.11 Å². The second-order valence-corrected chi connectivity index (χ2v) is 3.63. The third-order valence-corrected chi connectivity index (χ3v) is 2.77. The van der Waals surface area contributed by atoms with E-state index in [4.69, 9.17) is 0 Å². The first-order chi connectivity index (χ1) is 5.78. The summed E-state index contributed by atoms with van der Waals surface area (Å²) < 4.78 is 0. The molecule has 2 rings (SSSR count). The second kappa shape index (κ2) is 2.56. The van der Waals surface area contributed by atoms with Crippen molar-refractivity contribution in [2.45, 2.75) is 25.2 Å². The van der Waals surface area contributed by atoms with E-state index in [-0.39, 0.29) is 12.0 Å². The number of rotatable bonds is 2. The molecule has 0 spiro atoms. The maximum absolute atomic E-state index is 9.21. The highest BCUT2D eigenvalue weighted by molar-refractivity contribution is 5.35. The molecule has 0 saturated heterocycles. The molecule has 0 radical (unpaired) electrons. The van der Waals surface area contributed by atoms with E-state index in [0.29, 0.717) is 0 Å². The summed E-state index contributed by atoms with van der Waals surface area (Å²) in [6.45, 7) is 2.34. The van der Waals surface area contributed by atoms with E-state index in [2.05, 4.69) is 11.9 Å². The molecule has 1 aromatic heterocycles. The smallest absolute Gasteiger partial charge is 0.0528 e. The Hall–Kier alpha value is -0.890. The summed E-state index contributed by atoms with van der Waals surface area (Å²) in [6.07, 6.45) is 5.90. The fraction of sp³-hybridized carbons (Fsp3) is 0.500. The van der Waals surface area contributed by atoms with E-state index in [0.717, 1.165) is 12.8 Å². The van der Waals surface area contributed by atoms with Crippen LogP contribution in [-0.2, 0) is 5.41 Å². The number of aliphatic hydroxyl groups is 1. The number of aliphatic hydroxyl groups excluding tert-OH is 1. The van der Waals surface area contributed by atoms with Gasteiger partial charge in [-0.05, 0) is 37.0 Å². The van der Waals surface area contributed by atoms with Crippen molar-refractivity contribution in [2.24, 2.45) is 0 Å².